The number of carbonyl (C=O) groups is 2. The van der Waals surface area contributed by atoms with Gasteiger partial charge in [-0.05, 0) is 6.42 Å². The molecule has 3 aliphatic heterocycles. The van der Waals surface area contributed by atoms with E-state index in [1.54, 1.807) is 19.0 Å². The summed E-state index contributed by atoms with van der Waals surface area (Å²) in [5, 5.41) is 0. The molecule has 0 spiro atoms. The zero-order chi connectivity index (χ0) is 18.2. The van der Waals surface area contributed by atoms with Crippen LogP contribution in [0, 0.1) is 0 Å². The van der Waals surface area contributed by atoms with Gasteiger partial charge >= 0.3 is 0 Å². The number of hydrogen-bond acceptors (Lipinski definition) is 6. The monoisotopic (exact) mass is 372 g/mol. The Hall–Kier alpha value is -1.19. The van der Waals surface area contributed by atoms with Crippen molar-refractivity contribution in [2.24, 2.45) is 0 Å². The largest absolute Gasteiger partial charge is 0.348 e. The van der Waals surface area contributed by atoms with Gasteiger partial charge in [0.05, 0.1) is 18.1 Å². The van der Waals surface area contributed by atoms with Crippen LogP contribution in [0.3, 0.4) is 0 Å². The number of fused-ring (bicyclic) bond motifs is 1. The van der Waals surface area contributed by atoms with Crippen LogP contribution in [0.4, 0.5) is 0 Å². The lowest BCUT2D eigenvalue weighted by Gasteiger charge is -2.44. The maximum absolute atomic E-state index is 12.2. The van der Waals surface area contributed by atoms with Crippen molar-refractivity contribution in [3.63, 3.8) is 0 Å². The van der Waals surface area contributed by atoms with E-state index in [4.69, 9.17) is 0 Å². The molecule has 0 unspecified atom stereocenters. The Morgan fingerprint density at radius 1 is 1.08 bits per heavy atom. The molecular formula is C16H28N4O4S. The number of rotatable bonds is 5. The van der Waals surface area contributed by atoms with Gasteiger partial charge in [-0.15, -0.1) is 0 Å². The summed E-state index contributed by atoms with van der Waals surface area (Å²) in [5.74, 6) is 0.473. The van der Waals surface area contributed by atoms with E-state index in [2.05, 4.69) is 4.90 Å². The summed E-state index contributed by atoms with van der Waals surface area (Å²) >= 11 is 0. The third-order valence-corrected chi connectivity index (χ3v) is 7.27. The Labute approximate surface area is 149 Å². The van der Waals surface area contributed by atoms with Gasteiger partial charge < -0.3 is 9.80 Å². The fourth-order valence-corrected chi connectivity index (χ4v) is 6.12. The highest BCUT2D eigenvalue weighted by Crippen LogP contribution is 2.27. The summed E-state index contributed by atoms with van der Waals surface area (Å²) in [6.45, 7) is 3.87. The topological polar surface area (TPSA) is 81.2 Å². The van der Waals surface area contributed by atoms with E-state index < -0.39 is 9.84 Å². The van der Waals surface area contributed by atoms with Crippen LogP contribution in [0.2, 0.25) is 0 Å². The Morgan fingerprint density at radius 2 is 1.72 bits per heavy atom. The molecule has 0 aliphatic carbocycles. The van der Waals surface area contributed by atoms with Gasteiger partial charge in [0, 0.05) is 65.3 Å². The van der Waals surface area contributed by atoms with Gasteiger partial charge in [-0.2, -0.15) is 0 Å². The molecule has 0 N–H and O–H groups in total. The molecule has 0 saturated carbocycles. The van der Waals surface area contributed by atoms with Gasteiger partial charge in [0.25, 0.3) is 0 Å². The second kappa shape index (κ2) is 7.20. The molecule has 9 heteroatoms. The third-order valence-electron chi connectivity index (χ3n) is 5.57. The number of amides is 2. The SMILES string of the molecule is CN(C)C(=O)CN1CCN(CCN2CCCC2=O)[C@H]2CS(=O)(=O)C[C@H]21. The zero-order valence-corrected chi connectivity index (χ0v) is 15.9. The van der Waals surface area contributed by atoms with Crippen LogP contribution >= 0.6 is 0 Å². The summed E-state index contributed by atoms with van der Waals surface area (Å²) in [4.78, 5) is 31.5. The summed E-state index contributed by atoms with van der Waals surface area (Å²) in [5.41, 5.74) is 0. The van der Waals surface area contributed by atoms with Gasteiger partial charge in [-0.3, -0.25) is 19.4 Å². The second-order valence-corrected chi connectivity index (χ2v) is 9.64. The van der Waals surface area contributed by atoms with Crippen molar-refractivity contribution in [2.75, 3.05) is 64.9 Å². The molecule has 3 fully saturated rings. The van der Waals surface area contributed by atoms with Crippen LogP contribution < -0.4 is 0 Å². The maximum Gasteiger partial charge on any atom is 0.236 e. The molecule has 0 aromatic rings. The van der Waals surface area contributed by atoms with Crippen molar-refractivity contribution in [3.05, 3.63) is 0 Å². The van der Waals surface area contributed by atoms with Crippen molar-refractivity contribution in [2.45, 2.75) is 24.9 Å². The third kappa shape index (κ3) is 4.15. The van der Waals surface area contributed by atoms with E-state index in [1.807, 2.05) is 9.80 Å². The molecule has 0 bridgehead atoms. The van der Waals surface area contributed by atoms with E-state index in [-0.39, 0.29) is 41.9 Å². The number of piperazine rings is 1. The molecule has 3 rings (SSSR count). The Morgan fingerprint density at radius 3 is 2.32 bits per heavy atom. The van der Waals surface area contributed by atoms with Crippen molar-refractivity contribution in [1.29, 1.82) is 0 Å². The van der Waals surface area contributed by atoms with E-state index in [1.165, 1.54) is 0 Å². The molecule has 3 heterocycles. The number of likely N-dealkylation sites (tertiary alicyclic amines) is 1. The molecule has 8 nitrogen and oxygen atoms in total. The van der Waals surface area contributed by atoms with Crippen molar-refractivity contribution in [3.8, 4) is 0 Å². The number of hydrogen-bond donors (Lipinski definition) is 0. The van der Waals surface area contributed by atoms with Gasteiger partial charge in [0.1, 0.15) is 0 Å². The molecule has 3 aliphatic rings. The predicted molar refractivity (Wildman–Crippen MR) is 93.9 cm³/mol. The summed E-state index contributed by atoms with van der Waals surface area (Å²) < 4.78 is 24.4. The van der Waals surface area contributed by atoms with E-state index >= 15 is 0 Å². The zero-order valence-electron chi connectivity index (χ0n) is 15.1. The van der Waals surface area contributed by atoms with E-state index in [0.29, 0.717) is 26.1 Å². The highest BCUT2D eigenvalue weighted by atomic mass is 32.2. The highest BCUT2D eigenvalue weighted by Gasteiger charge is 2.46. The molecule has 0 aromatic heterocycles. The normalized spacial score (nSPS) is 29.8. The smallest absolute Gasteiger partial charge is 0.236 e. The van der Waals surface area contributed by atoms with Crippen LogP contribution in [0.5, 0.6) is 0 Å². The first-order valence-corrected chi connectivity index (χ1v) is 10.8. The summed E-state index contributed by atoms with van der Waals surface area (Å²) in [6.07, 6.45) is 1.54. The van der Waals surface area contributed by atoms with Crippen molar-refractivity contribution < 1.29 is 18.0 Å². The molecule has 3 saturated heterocycles. The average Bonchev–Trinajstić information content (AvgIpc) is 3.08. The number of likely N-dealkylation sites (N-methyl/N-ethyl adjacent to an activating group) is 1. The quantitative estimate of drug-likeness (QED) is 0.583. The van der Waals surface area contributed by atoms with Gasteiger partial charge in [0.2, 0.25) is 11.8 Å². The molecule has 0 aromatic carbocycles. The minimum atomic E-state index is -3.09. The van der Waals surface area contributed by atoms with Crippen LogP contribution in [-0.2, 0) is 19.4 Å². The minimum absolute atomic E-state index is 0.000776. The minimum Gasteiger partial charge on any atom is -0.348 e. The Kier molecular flexibility index (Phi) is 5.36. The van der Waals surface area contributed by atoms with E-state index in [0.717, 1.165) is 19.5 Å². The van der Waals surface area contributed by atoms with Gasteiger partial charge in [-0.1, -0.05) is 0 Å². The lowest BCUT2D eigenvalue weighted by molar-refractivity contribution is -0.132. The lowest BCUT2D eigenvalue weighted by Crippen LogP contribution is -2.61. The van der Waals surface area contributed by atoms with Crippen molar-refractivity contribution in [1.82, 2.24) is 19.6 Å². The first-order chi connectivity index (χ1) is 11.8. The van der Waals surface area contributed by atoms with Gasteiger partial charge in [0.15, 0.2) is 9.84 Å². The van der Waals surface area contributed by atoms with Gasteiger partial charge in [-0.25, -0.2) is 8.42 Å². The lowest BCUT2D eigenvalue weighted by atomic mass is 10.0. The Balaban J connectivity index is 1.65. The number of nitrogens with zero attached hydrogens (tertiary/aromatic N) is 4. The standard InChI is InChI=1S/C16H28N4O4S/c1-17(2)16(22)10-20-9-7-18(6-8-19-5-3-4-15(19)21)13-11-25(23,24)12-14(13)20/h13-14H,3-12H2,1-2H3/t13-,14+/m0/s1. The number of carbonyl (C=O) groups excluding carboxylic acids is 2. The molecule has 2 atom stereocenters. The van der Waals surface area contributed by atoms with Crippen LogP contribution in [0.1, 0.15) is 12.8 Å². The molecule has 0 radical (unpaired) electrons. The van der Waals surface area contributed by atoms with Crippen LogP contribution in [0.25, 0.3) is 0 Å². The number of sulfone groups is 1. The van der Waals surface area contributed by atoms with E-state index in [9.17, 15) is 18.0 Å². The summed E-state index contributed by atoms with van der Waals surface area (Å²) in [7, 11) is 0.346. The predicted octanol–water partition coefficient (Wildman–Crippen LogP) is -1.52. The molecule has 142 valence electrons. The first kappa shape index (κ1) is 18.6. The van der Waals surface area contributed by atoms with Crippen LogP contribution in [0.15, 0.2) is 0 Å². The average molecular weight is 372 g/mol. The fraction of sp³-hybridized carbons (Fsp3) is 0.875. The molecule has 2 amide bonds. The van der Waals surface area contributed by atoms with Crippen molar-refractivity contribution >= 4 is 21.7 Å². The second-order valence-electron chi connectivity index (χ2n) is 7.49. The molecule has 25 heavy (non-hydrogen) atoms. The first-order valence-electron chi connectivity index (χ1n) is 8.93. The fourth-order valence-electron chi connectivity index (χ4n) is 4.08. The Bertz CT molecular complexity index is 636. The van der Waals surface area contributed by atoms with Crippen LogP contribution in [-0.4, -0.2) is 117 Å². The highest BCUT2D eigenvalue weighted by molar-refractivity contribution is 7.91. The molecular weight excluding hydrogens is 344 g/mol. The summed E-state index contributed by atoms with van der Waals surface area (Å²) in [6, 6.07) is -0.205. The maximum atomic E-state index is 12.2.